The lowest BCUT2D eigenvalue weighted by atomic mass is 10.1. The highest BCUT2D eigenvalue weighted by Gasteiger charge is 2.24. The Morgan fingerprint density at radius 3 is 2.71 bits per heavy atom. The number of carbonyl (C=O) groups is 2. The van der Waals surface area contributed by atoms with Crippen molar-refractivity contribution < 1.29 is 14.0 Å². The van der Waals surface area contributed by atoms with Gasteiger partial charge >= 0.3 is 0 Å². The number of benzene rings is 2. The highest BCUT2D eigenvalue weighted by Crippen LogP contribution is 2.29. The van der Waals surface area contributed by atoms with E-state index in [1.54, 1.807) is 29.2 Å². The average molecular weight is 347 g/mol. The monoisotopic (exact) mass is 346 g/mol. The third-order valence-electron chi connectivity index (χ3n) is 3.94. The zero-order valence-electron chi connectivity index (χ0n) is 12.9. The van der Waals surface area contributed by atoms with E-state index in [0.717, 1.165) is 6.42 Å². The molecule has 2 aromatic rings. The zero-order valence-corrected chi connectivity index (χ0v) is 13.6. The molecule has 1 N–H and O–H groups in total. The molecule has 0 bridgehead atoms. The quantitative estimate of drug-likeness (QED) is 0.915. The number of nitrogens with one attached hydrogen (secondary N) is 1. The Hall–Kier alpha value is -2.40. The number of anilines is 2. The van der Waals surface area contributed by atoms with Gasteiger partial charge in [0.1, 0.15) is 5.82 Å². The minimum Gasteiger partial charge on any atom is -0.324 e. The van der Waals surface area contributed by atoms with Gasteiger partial charge in [-0.3, -0.25) is 9.59 Å². The maximum absolute atomic E-state index is 13.8. The first-order valence-corrected chi connectivity index (χ1v) is 8.06. The topological polar surface area (TPSA) is 49.4 Å². The van der Waals surface area contributed by atoms with Gasteiger partial charge in [0.05, 0.1) is 17.8 Å². The van der Waals surface area contributed by atoms with Crippen molar-refractivity contribution in [2.24, 2.45) is 0 Å². The van der Waals surface area contributed by atoms with Crippen LogP contribution in [0.2, 0.25) is 5.02 Å². The molecule has 2 amide bonds. The summed E-state index contributed by atoms with van der Waals surface area (Å²) in [5, 5.41) is 2.97. The van der Waals surface area contributed by atoms with Gasteiger partial charge in [0.25, 0.3) is 0 Å². The molecule has 1 fully saturated rings. The van der Waals surface area contributed by atoms with Crippen LogP contribution in [0.3, 0.4) is 0 Å². The zero-order chi connectivity index (χ0) is 17.1. The predicted octanol–water partition coefficient (Wildman–Crippen LogP) is 3.79. The summed E-state index contributed by atoms with van der Waals surface area (Å²) in [6.45, 7) is 0.630. The highest BCUT2D eigenvalue weighted by atomic mass is 35.5. The van der Waals surface area contributed by atoms with E-state index in [1.807, 2.05) is 6.07 Å². The molecular formula is C18H16ClFN2O2. The fourth-order valence-corrected chi connectivity index (χ4v) is 3.00. The van der Waals surface area contributed by atoms with E-state index in [9.17, 15) is 14.0 Å². The van der Waals surface area contributed by atoms with Crippen LogP contribution in [0.5, 0.6) is 0 Å². The minimum atomic E-state index is -0.513. The summed E-state index contributed by atoms with van der Waals surface area (Å²) in [4.78, 5) is 25.9. The van der Waals surface area contributed by atoms with Crippen molar-refractivity contribution >= 4 is 34.8 Å². The largest absolute Gasteiger partial charge is 0.324 e. The van der Waals surface area contributed by atoms with E-state index in [1.165, 1.54) is 12.1 Å². The lowest BCUT2D eigenvalue weighted by molar-refractivity contribution is -0.117. The Kier molecular flexibility index (Phi) is 4.81. The van der Waals surface area contributed by atoms with Crippen LogP contribution in [0, 0.1) is 5.82 Å². The molecule has 1 aliphatic rings. The fraction of sp³-hybridized carbons (Fsp3) is 0.222. The summed E-state index contributed by atoms with van der Waals surface area (Å²) in [5.41, 5.74) is 1.35. The Bertz CT molecular complexity index is 774. The molecule has 0 radical (unpaired) electrons. The summed E-state index contributed by atoms with van der Waals surface area (Å²) in [5.74, 6) is -0.865. The van der Waals surface area contributed by atoms with Crippen LogP contribution < -0.4 is 10.2 Å². The smallest absolute Gasteiger partial charge is 0.229 e. The first kappa shape index (κ1) is 16.5. The number of amides is 2. The Labute approximate surface area is 144 Å². The first-order chi connectivity index (χ1) is 11.6. The second kappa shape index (κ2) is 7.01. The van der Waals surface area contributed by atoms with E-state index < -0.39 is 5.82 Å². The molecule has 24 heavy (non-hydrogen) atoms. The molecule has 2 aromatic carbocycles. The molecule has 0 atom stereocenters. The third-order valence-corrected chi connectivity index (χ3v) is 4.30. The van der Waals surface area contributed by atoms with Crippen molar-refractivity contribution in [3.8, 4) is 0 Å². The van der Waals surface area contributed by atoms with Crippen LogP contribution in [-0.2, 0) is 16.0 Å². The second-order valence-corrected chi connectivity index (χ2v) is 6.00. The van der Waals surface area contributed by atoms with Crippen molar-refractivity contribution in [3.05, 3.63) is 58.9 Å². The lowest BCUT2D eigenvalue weighted by Gasteiger charge is -2.20. The second-order valence-electron chi connectivity index (χ2n) is 5.59. The predicted molar refractivity (Wildman–Crippen MR) is 91.8 cm³/mol. The molecule has 1 saturated heterocycles. The van der Waals surface area contributed by atoms with Gasteiger partial charge in [0.15, 0.2) is 0 Å². The molecule has 124 valence electrons. The number of rotatable bonds is 4. The first-order valence-electron chi connectivity index (χ1n) is 7.68. The van der Waals surface area contributed by atoms with Crippen molar-refractivity contribution in [1.29, 1.82) is 0 Å². The molecule has 6 heteroatoms. The van der Waals surface area contributed by atoms with Crippen LogP contribution in [0.15, 0.2) is 42.5 Å². The Morgan fingerprint density at radius 1 is 1.21 bits per heavy atom. The number of nitrogens with zero attached hydrogens (tertiary/aromatic N) is 1. The number of hydrogen-bond donors (Lipinski definition) is 1. The van der Waals surface area contributed by atoms with E-state index in [2.05, 4.69) is 5.32 Å². The van der Waals surface area contributed by atoms with Gasteiger partial charge in [0, 0.05) is 23.6 Å². The molecule has 1 aliphatic heterocycles. The molecule has 0 saturated carbocycles. The average Bonchev–Trinajstić information content (AvgIpc) is 2.98. The van der Waals surface area contributed by atoms with Gasteiger partial charge in [0.2, 0.25) is 11.8 Å². The summed E-state index contributed by atoms with van der Waals surface area (Å²) in [6, 6.07) is 11.4. The number of carbonyl (C=O) groups excluding carboxylic acids is 2. The SMILES string of the molecule is O=C(Cc1c(F)cccc1Cl)Nc1ccccc1N1CCCC1=O. The summed E-state index contributed by atoms with van der Waals surface area (Å²) in [7, 11) is 0. The van der Waals surface area contributed by atoms with Crippen molar-refractivity contribution in [2.75, 3.05) is 16.8 Å². The standard InChI is InChI=1S/C18H16ClFN2O2/c19-13-5-3-6-14(20)12(13)11-17(23)21-15-7-1-2-8-16(15)22-10-4-9-18(22)24/h1-3,5-8H,4,9-11H2,(H,21,23). The van der Waals surface area contributed by atoms with E-state index in [0.29, 0.717) is 24.3 Å². The van der Waals surface area contributed by atoms with Crippen LogP contribution >= 0.6 is 11.6 Å². The van der Waals surface area contributed by atoms with Gasteiger partial charge in [-0.2, -0.15) is 0 Å². The molecule has 0 aliphatic carbocycles. The van der Waals surface area contributed by atoms with Crippen molar-refractivity contribution in [3.63, 3.8) is 0 Å². The molecule has 1 heterocycles. The Balaban J connectivity index is 1.79. The molecule has 0 unspecified atom stereocenters. The van der Waals surface area contributed by atoms with Crippen LogP contribution in [0.1, 0.15) is 18.4 Å². The van der Waals surface area contributed by atoms with Crippen molar-refractivity contribution in [2.45, 2.75) is 19.3 Å². The number of halogens is 2. The normalized spacial score (nSPS) is 14.1. The molecule has 0 aromatic heterocycles. The lowest BCUT2D eigenvalue weighted by Crippen LogP contribution is -2.26. The summed E-state index contributed by atoms with van der Waals surface area (Å²) in [6.07, 6.45) is 1.13. The van der Waals surface area contributed by atoms with Gasteiger partial charge in [-0.25, -0.2) is 4.39 Å². The molecular weight excluding hydrogens is 331 g/mol. The maximum Gasteiger partial charge on any atom is 0.229 e. The molecule has 0 spiro atoms. The van der Waals surface area contributed by atoms with Crippen molar-refractivity contribution in [1.82, 2.24) is 0 Å². The molecule has 4 nitrogen and oxygen atoms in total. The van der Waals surface area contributed by atoms with Gasteiger partial charge in [-0.1, -0.05) is 29.8 Å². The van der Waals surface area contributed by atoms with Crippen LogP contribution in [0.4, 0.5) is 15.8 Å². The van der Waals surface area contributed by atoms with Crippen LogP contribution in [-0.4, -0.2) is 18.4 Å². The summed E-state index contributed by atoms with van der Waals surface area (Å²) < 4.78 is 13.8. The fourth-order valence-electron chi connectivity index (χ4n) is 2.77. The van der Waals surface area contributed by atoms with Gasteiger partial charge in [-0.15, -0.1) is 0 Å². The van der Waals surface area contributed by atoms with Gasteiger partial charge < -0.3 is 10.2 Å². The number of hydrogen-bond acceptors (Lipinski definition) is 2. The van der Waals surface area contributed by atoms with E-state index in [4.69, 9.17) is 11.6 Å². The van der Waals surface area contributed by atoms with Gasteiger partial charge in [-0.05, 0) is 30.7 Å². The molecule has 3 rings (SSSR count). The Morgan fingerprint density at radius 2 is 2.00 bits per heavy atom. The highest BCUT2D eigenvalue weighted by molar-refractivity contribution is 6.31. The number of para-hydroxylation sites is 2. The van der Waals surface area contributed by atoms with E-state index >= 15 is 0 Å². The third kappa shape index (κ3) is 3.41. The minimum absolute atomic E-state index is 0.0360. The summed E-state index contributed by atoms with van der Waals surface area (Å²) >= 11 is 5.96. The maximum atomic E-state index is 13.8. The van der Waals surface area contributed by atoms with Crippen LogP contribution in [0.25, 0.3) is 0 Å². The van der Waals surface area contributed by atoms with E-state index in [-0.39, 0.29) is 28.8 Å².